The summed E-state index contributed by atoms with van der Waals surface area (Å²) in [5, 5.41) is 11.7. The van der Waals surface area contributed by atoms with E-state index < -0.39 is 0 Å². The normalized spacial score (nSPS) is 17.1. The standard InChI is InChI=1S/C16H18N6O/c1-2-4-12(5-3-1)8-14-20-16(23-21-14)9-17-13-6-7-15-18-11-19-22(15)10-13/h1-5,11,13,17H,6-10H2/t13-/m0/s1. The van der Waals surface area contributed by atoms with Crippen molar-refractivity contribution < 1.29 is 4.52 Å². The molecule has 1 aliphatic rings. The lowest BCUT2D eigenvalue weighted by molar-refractivity contribution is 0.319. The Morgan fingerprint density at radius 3 is 3.09 bits per heavy atom. The van der Waals surface area contributed by atoms with Crippen molar-refractivity contribution in [2.75, 3.05) is 0 Å². The summed E-state index contributed by atoms with van der Waals surface area (Å²) in [7, 11) is 0. The van der Waals surface area contributed by atoms with Gasteiger partial charge in [0.1, 0.15) is 12.2 Å². The molecule has 1 atom stereocenters. The highest BCUT2D eigenvalue weighted by atomic mass is 16.5. The van der Waals surface area contributed by atoms with Crippen LogP contribution in [0.4, 0.5) is 0 Å². The lowest BCUT2D eigenvalue weighted by atomic mass is 10.1. The largest absolute Gasteiger partial charge is 0.338 e. The predicted octanol–water partition coefficient (Wildman–Crippen LogP) is 1.36. The molecule has 0 radical (unpaired) electrons. The molecule has 7 nitrogen and oxygen atoms in total. The van der Waals surface area contributed by atoms with E-state index >= 15 is 0 Å². The predicted molar refractivity (Wildman–Crippen MR) is 82.5 cm³/mol. The minimum Gasteiger partial charge on any atom is -0.338 e. The zero-order chi connectivity index (χ0) is 15.5. The van der Waals surface area contributed by atoms with E-state index in [1.165, 1.54) is 5.56 Å². The first-order valence-electron chi connectivity index (χ1n) is 7.82. The third-order valence-corrected chi connectivity index (χ3v) is 4.06. The van der Waals surface area contributed by atoms with Crippen molar-refractivity contribution in [3.8, 4) is 0 Å². The van der Waals surface area contributed by atoms with Gasteiger partial charge in [-0.25, -0.2) is 9.67 Å². The third-order valence-electron chi connectivity index (χ3n) is 4.06. The van der Waals surface area contributed by atoms with Gasteiger partial charge in [0.2, 0.25) is 5.89 Å². The Labute approximate surface area is 133 Å². The number of benzene rings is 1. The summed E-state index contributed by atoms with van der Waals surface area (Å²) < 4.78 is 7.28. The van der Waals surface area contributed by atoms with Crippen LogP contribution in [0.15, 0.2) is 41.2 Å². The van der Waals surface area contributed by atoms with Crippen molar-refractivity contribution in [3.05, 3.63) is 59.8 Å². The number of hydrogen-bond acceptors (Lipinski definition) is 6. The molecule has 0 unspecified atom stereocenters. The highest BCUT2D eigenvalue weighted by Crippen LogP contribution is 2.12. The monoisotopic (exact) mass is 310 g/mol. The van der Waals surface area contributed by atoms with E-state index in [4.69, 9.17) is 4.52 Å². The van der Waals surface area contributed by atoms with Gasteiger partial charge in [-0.15, -0.1) is 0 Å². The maximum absolute atomic E-state index is 5.32. The summed E-state index contributed by atoms with van der Waals surface area (Å²) in [6.07, 6.45) is 4.30. The van der Waals surface area contributed by atoms with Crippen molar-refractivity contribution in [3.63, 3.8) is 0 Å². The van der Waals surface area contributed by atoms with Gasteiger partial charge in [0.05, 0.1) is 13.1 Å². The van der Waals surface area contributed by atoms with E-state index in [1.807, 2.05) is 22.9 Å². The molecule has 23 heavy (non-hydrogen) atoms. The molecule has 0 aliphatic carbocycles. The molecule has 0 spiro atoms. The quantitative estimate of drug-likeness (QED) is 0.766. The van der Waals surface area contributed by atoms with Crippen molar-refractivity contribution >= 4 is 0 Å². The van der Waals surface area contributed by atoms with Gasteiger partial charge < -0.3 is 9.84 Å². The van der Waals surface area contributed by atoms with Gasteiger partial charge in [-0.1, -0.05) is 35.5 Å². The highest BCUT2D eigenvalue weighted by molar-refractivity contribution is 5.18. The molecule has 3 aromatic rings. The molecule has 1 aliphatic heterocycles. The number of rotatable bonds is 5. The number of aromatic nitrogens is 5. The second-order valence-corrected chi connectivity index (χ2v) is 5.74. The van der Waals surface area contributed by atoms with E-state index in [2.05, 4.69) is 37.7 Å². The molecular formula is C16H18N6O. The van der Waals surface area contributed by atoms with Crippen LogP contribution >= 0.6 is 0 Å². The summed E-state index contributed by atoms with van der Waals surface area (Å²) >= 11 is 0. The molecule has 7 heteroatoms. The van der Waals surface area contributed by atoms with Crippen molar-refractivity contribution in [1.29, 1.82) is 0 Å². The van der Waals surface area contributed by atoms with Crippen LogP contribution in [0.5, 0.6) is 0 Å². The Kier molecular flexibility index (Phi) is 3.85. The Morgan fingerprint density at radius 1 is 1.26 bits per heavy atom. The smallest absolute Gasteiger partial charge is 0.240 e. The molecule has 3 heterocycles. The highest BCUT2D eigenvalue weighted by Gasteiger charge is 2.20. The van der Waals surface area contributed by atoms with Crippen LogP contribution in [0.2, 0.25) is 0 Å². The van der Waals surface area contributed by atoms with E-state index in [0.29, 0.717) is 24.9 Å². The lowest BCUT2D eigenvalue weighted by Crippen LogP contribution is -2.37. The number of fused-ring (bicyclic) bond motifs is 1. The molecular weight excluding hydrogens is 292 g/mol. The average Bonchev–Trinajstić information content (AvgIpc) is 3.22. The zero-order valence-electron chi connectivity index (χ0n) is 12.7. The number of nitrogens with zero attached hydrogens (tertiary/aromatic N) is 5. The SMILES string of the molecule is c1ccc(Cc2noc(CN[C@H]3CCc4ncnn4C3)n2)cc1. The Bertz CT molecular complexity index is 766. The molecule has 0 bridgehead atoms. The number of aryl methyl sites for hydroxylation is 1. The molecule has 118 valence electrons. The molecule has 2 aromatic heterocycles. The maximum Gasteiger partial charge on any atom is 0.240 e. The molecule has 4 rings (SSSR count). The zero-order valence-corrected chi connectivity index (χ0v) is 12.7. The minimum absolute atomic E-state index is 0.355. The maximum atomic E-state index is 5.32. The average molecular weight is 310 g/mol. The second kappa shape index (κ2) is 6.29. The lowest BCUT2D eigenvalue weighted by Gasteiger charge is -2.22. The Balaban J connectivity index is 1.32. The number of nitrogens with one attached hydrogen (secondary N) is 1. The summed E-state index contributed by atoms with van der Waals surface area (Å²) in [6.45, 7) is 1.41. The fourth-order valence-corrected chi connectivity index (χ4v) is 2.85. The van der Waals surface area contributed by atoms with Gasteiger partial charge in [-0.2, -0.15) is 10.1 Å². The summed E-state index contributed by atoms with van der Waals surface area (Å²) in [6, 6.07) is 10.5. The van der Waals surface area contributed by atoms with Gasteiger partial charge in [0.25, 0.3) is 0 Å². The van der Waals surface area contributed by atoms with Gasteiger partial charge in [-0.05, 0) is 12.0 Å². The topological polar surface area (TPSA) is 81.7 Å². The summed E-state index contributed by atoms with van der Waals surface area (Å²) in [5.41, 5.74) is 1.18. The molecule has 0 saturated carbocycles. The van der Waals surface area contributed by atoms with Crippen LogP contribution in [0.1, 0.15) is 29.5 Å². The molecule has 0 amide bonds. The van der Waals surface area contributed by atoms with Crippen molar-refractivity contribution in [1.82, 2.24) is 30.2 Å². The molecule has 1 N–H and O–H groups in total. The summed E-state index contributed by atoms with van der Waals surface area (Å²) in [4.78, 5) is 8.69. The fraction of sp³-hybridized carbons (Fsp3) is 0.375. The minimum atomic E-state index is 0.355. The fourth-order valence-electron chi connectivity index (χ4n) is 2.85. The first kappa shape index (κ1) is 14.1. The van der Waals surface area contributed by atoms with E-state index in [0.717, 1.165) is 31.0 Å². The number of hydrogen-bond donors (Lipinski definition) is 1. The van der Waals surface area contributed by atoms with Crippen LogP contribution in [0, 0.1) is 0 Å². The first-order chi connectivity index (χ1) is 11.4. The van der Waals surface area contributed by atoms with Crippen LogP contribution in [0.3, 0.4) is 0 Å². The van der Waals surface area contributed by atoms with Gasteiger partial charge >= 0.3 is 0 Å². The first-order valence-corrected chi connectivity index (χ1v) is 7.82. The molecule has 0 saturated heterocycles. The van der Waals surface area contributed by atoms with Crippen LogP contribution < -0.4 is 5.32 Å². The van der Waals surface area contributed by atoms with E-state index in [1.54, 1.807) is 6.33 Å². The van der Waals surface area contributed by atoms with Crippen LogP contribution in [-0.2, 0) is 25.9 Å². The Morgan fingerprint density at radius 2 is 2.17 bits per heavy atom. The van der Waals surface area contributed by atoms with Gasteiger partial charge in [0.15, 0.2) is 5.82 Å². The van der Waals surface area contributed by atoms with E-state index in [9.17, 15) is 0 Å². The Hall–Kier alpha value is -2.54. The van der Waals surface area contributed by atoms with Crippen molar-refractivity contribution in [2.24, 2.45) is 0 Å². The van der Waals surface area contributed by atoms with Gasteiger partial charge in [0, 0.05) is 18.9 Å². The second-order valence-electron chi connectivity index (χ2n) is 5.74. The van der Waals surface area contributed by atoms with E-state index in [-0.39, 0.29) is 0 Å². The van der Waals surface area contributed by atoms with Gasteiger partial charge in [-0.3, -0.25) is 0 Å². The van der Waals surface area contributed by atoms with Crippen molar-refractivity contribution in [2.45, 2.75) is 38.4 Å². The third kappa shape index (κ3) is 3.29. The summed E-state index contributed by atoms with van der Waals surface area (Å²) in [5.74, 6) is 2.40. The molecule has 0 fully saturated rings. The van der Waals surface area contributed by atoms with Crippen LogP contribution in [-0.4, -0.2) is 30.9 Å². The molecule has 1 aromatic carbocycles. The van der Waals surface area contributed by atoms with Crippen LogP contribution in [0.25, 0.3) is 0 Å².